The third kappa shape index (κ3) is 2.83. The lowest BCUT2D eigenvalue weighted by Crippen LogP contribution is -2.05. The summed E-state index contributed by atoms with van der Waals surface area (Å²) in [6.45, 7) is 4.68. The van der Waals surface area contributed by atoms with Gasteiger partial charge in [-0.2, -0.15) is 0 Å². The number of benzene rings is 2. The minimum atomic E-state index is -0.200. The highest BCUT2D eigenvalue weighted by atomic mass is 19.1. The van der Waals surface area contributed by atoms with Gasteiger partial charge >= 0.3 is 0 Å². The number of methoxy groups -OCH3 is 1. The molecule has 0 heterocycles. The Labute approximate surface area is 119 Å². The van der Waals surface area contributed by atoms with Crippen molar-refractivity contribution >= 4 is 0 Å². The van der Waals surface area contributed by atoms with Gasteiger partial charge in [-0.15, -0.1) is 0 Å². The van der Waals surface area contributed by atoms with E-state index in [0.717, 1.165) is 34.5 Å². The maximum atomic E-state index is 14.1. The van der Waals surface area contributed by atoms with Crippen LogP contribution in [-0.2, 0) is 6.54 Å². The van der Waals surface area contributed by atoms with E-state index in [4.69, 9.17) is 4.74 Å². The lowest BCUT2D eigenvalue weighted by atomic mass is 9.98. The van der Waals surface area contributed by atoms with Gasteiger partial charge in [0.15, 0.2) is 0 Å². The molecule has 0 aliphatic carbocycles. The van der Waals surface area contributed by atoms with Crippen molar-refractivity contribution in [2.24, 2.45) is 0 Å². The number of nitrogens with one attached hydrogen (secondary N) is 1. The second kappa shape index (κ2) is 6.06. The molecule has 0 aliphatic rings. The van der Waals surface area contributed by atoms with E-state index in [9.17, 15) is 4.39 Å². The fourth-order valence-electron chi connectivity index (χ4n) is 2.54. The summed E-state index contributed by atoms with van der Waals surface area (Å²) in [7, 11) is 3.54. The summed E-state index contributed by atoms with van der Waals surface area (Å²) < 4.78 is 19.4. The van der Waals surface area contributed by atoms with E-state index < -0.39 is 0 Å². The van der Waals surface area contributed by atoms with E-state index in [1.165, 1.54) is 6.07 Å². The van der Waals surface area contributed by atoms with E-state index >= 15 is 0 Å². The Kier molecular flexibility index (Phi) is 4.40. The molecule has 2 rings (SSSR count). The summed E-state index contributed by atoms with van der Waals surface area (Å²) in [5, 5.41) is 3.08. The lowest BCUT2D eigenvalue weighted by molar-refractivity contribution is 0.408. The van der Waals surface area contributed by atoms with Gasteiger partial charge in [0.25, 0.3) is 0 Å². The fraction of sp³-hybridized carbons (Fsp3) is 0.294. The summed E-state index contributed by atoms with van der Waals surface area (Å²) >= 11 is 0. The molecule has 0 radical (unpaired) electrons. The average Bonchev–Trinajstić information content (AvgIpc) is 2.41. The minimum absolute atomic E-state index is 0.200. The predicted octanol–water partition coefficient (Wildman–Crippen LogP) is 3.84. The second-order valence-corrected chi connectivity index (χ2v) is 4.99. The molecule has 2 nitrogen and oxygen atoms in total. The third-order valence-electron chi connectivity index (χ3n) is 3.39. The highest BCUT2D eigenvalue weighted by molar-refractivity contribution is 5.68. The maximum absolute atomic E-state index is 14.1. The SMILES string of the molecule is CNCc1ccc(F)c(-c2cc(C)c(OC)c(C)c2)c1. The molecule has 0 bridgehead atoms. The fourth-order valence-corrected chi connectivity index (χ4v) is 2.54. The molecule has 3 heteroatoms. The summed E-state index contributed by atoms with van der Waals surface area (Å²) in [4.78, 5) is 0. The second-order valence-electron chi connectivity index (χ2n) is 4.99. The van der Waals surface area contributed by atoms with Crippen LogP contribution in [0.5, 0.6) is 5.75 Å². The smallest absolute Gasteiger partial charge is 0.131 e. The van der Waals surface area contributed by atoms with E-state index in [1.54, 1.807) is 13.2 Å². The molecule has 0 aromatic heterocycles. The van der Waals surface area contributed by atoms with Crippen LogP contribution >= 0.6 is 0 Å². The van der Waals surface area contributed by atoms with Gasteiger partial charge in [0.1, 0.15) is 11.6 Å². The number of hydrogen-bond donors (Lipinski definition) is 1. The molecule has 20 heavy (non-hydrogen) atoms. The zero-order valence-corrected chi connectivity index (χ0v) is 12.4. The van der Waals surface area contributed by atoms with Crippen molar-refractivity contribution in [2.45, 2.75) is 20.4 Å². The Bertz CT molecular complexity index is 599. The number of aryl methyl sites for hydroxylation is 2. The first-order valence-electron chi connectivity index (χ1n) is 6.65. The molecule has 0 amide bonds. The molecule has 0 aliphatic heterocycles. The quantitative estimate of drug-likeness (QED) is 0.914. The molecule has 0 spiro atoms. The van der Waals surface area contributed by atoms with Crippen molar-refractivity contribution < 1.29 is 9.13 Å². The first-order valence-corrected chi connectivity index (χ1v) is 6.65. The molecule has 0 saturated carbocycles. The van der Waals surface area contributed by atoms with Gasteiger partial charge in [-0.1, -0.05) is 6.07 Å². The van der Waals surface area contributed by atoms with Crippen molar-refractivity contribution in [3.8, 4) is 16.9 Å². The molecule has 1 N–H and O–H groups in total. The molecule has 2 aromatic carbocycles. The summed E-state index contributed by atoms with van der Waals surface area (Å²) in [6, 6.07) is 9.16. The van der Waals surface area contributed by atoms with Crippen molar-refractivity contribution in [1.82, 2.24) is 5.32 Å². The van der Waals surface area contributed by atoms with Crippen molar-refractivity contribution in [1.29, 1.82) is 0 Å². The van der Waals surface area contributed by atoms with Crippen LogP contribution in [0, 0.1) is 19.7 Å². The molecular formula is C17H20FNO. The van der Waals surface area contributed by atoms with E-state index in [0.29, 0.717) is 5.56 Å². The van der Waals surface area contributed by atoms with Gasteiger partial charge in [0.2, 0.25) is 0 Å². The van der Waals surface area contributed by atoms with Crippen molar-refractivity contribution in [2.75, 3.05) is 14.2 Å². The number of hydrogen-bond acceptors (Lipinski definition) is 2. The summed E-state index contributed by atoms with van der Waals surface area (Å²) in [5.74, 6) is 0.661. The molecular weight excluding hydrogens is 253 g/mol. The predicted molar refractivity (Wildman–Crippen MR) is 80.6 cm³/mol. The highest BCUT2D eigenvalue weighted by Crippen LogP contribution is 2.31. The summed E-state index contributed by atoms with van der Waals surface area (Å²) in [6.07, 6.45) is 0. The highest BCUT2D eigenvalue weighted by Gasteiger charge is 2.11. The van der Waals surface area contributed by atoms with Gasteiger partial charge in [0.05, 0.1) is 7.11 Å². The lowest BCUT2D eigenvalue weighted by Gasteiger charge is -2.13. The van der Waals surface area contributed by atoms with E-state index in [1.807, 2.05) is 39.1 Å². The Hall–Kier alpha value is -1.87. The van der Waals surface area contributed by atoms with Crippen LogP contribution in [0.25, 0.3) is 11.1 Å². The first-order chi connectivity index (χ1) is 9.56. The molecule has 2 aromatic rings. The van der Waals surface area contributed by atoms with Gasteiger partial charge < -0.3 is 10.1 Å². The van der Waals surface area contributed by atoms with E-state index in [2.05, 4.69) is 5.32 Å². The maximum Gasteiger partial charge on any atom is 0.131 e. The van der Waals surface area contributed by atoms with Crippen LogP contribution in [-0.4, -0.2) is 14.2 Å². The third-order valence-corrected chi connectivity index (χ3v) is 3.39. The topological polar surface area (TPSA) is 21.3 Å². The van der Waals surface area contributed by atoms with Crippen LogP contribution in [0.1, 0.15) is 16.7 Å². The largest absolute Gasteiger partial charge is 0.496 e. The number of rotatable bonds is 4. The van der Waals surface area contributed by atoms with Gasteiger partial charge in [-0.3, -0.25) is 0 Å². The van der Waals surface area contributed by atoms with E-state index in [-0.39, 0.29) is 5.82 Å². The monoisotopic (exact) mass is 273 g/mol. The number of ether oxygens (including phenoxy) is 1. The van der Waals surface area contributed by atoms with Crippen LogP contribution in [0.3, 0.4) is 0 Å². The zero-order valence-electron chi connectivity index (χ0n) is 12.4. The minimum Gasteiger partial charge on any atom is -0.496 e. The average molecular weight is 273 g/mol. The zero-order chi connectivity index (χ0) is 14.7. The van der Waals surface area contributed by atoms with Crippen molar-refractivity contribution in [3.05, 3.63) is 52.8 Å². The van der Waals surface area contributed by atoms with Gasteiger partial charge in [0, 0.05) is 12.1 Å². The number of halogens is 1. The molecule has 0 saturated heterocycles. The van der Waals surface area contributed by atoms with Gasteiger partial charge in [-0.05, 0) is 67.4 Å². The van der Waals surface area contributed by atoms with Crippen LogP contribution in [0.2, 0.25) is 0 Å². The normalized spacial score (nSPS) is 10.7. The van der Waals surface area contributed by atoms with Crippen LogP contribution in [0.4, 0.5) is 4.39 Å². The Morgan fingerprint density at radius 3 is 2.30 bits per heavy atom. The first kappa shape index (κ1) is 14.5. The van der Waals surface area contributed by atoms with Gasteiger partial charge in [-0.25, -0.2) is 4.39 Å². The Morgan fingerprint density at radius 2 is 1.75 bits per heavy atom. The molecule has 0 unspecified atom stereocenters. The summed E-state index contributed by atoms with van der Waals surface area (Å²) in [5.41, 5.74) is 4.61. The molecule has 0 fully saturated rings. The molecule has 0 atom stereocenters. The Morgan fingerprint density at radius 1 is 1.10 bits per heavy atom. The van der Waals surface area contributed by atoms with Crippen LogP contribution in [0.15, 0.2) is 30.3 Å². The van der Waals surface area contributed by atoms with Crippen LogP contribution < -0.4 is 10.1 Å². The Balaban J connectivity index is 2.53. The molecule has 106 valence electrons. The standard InChI is InChI=1S/C17H20FNO/c1-11-7-14(8-12(2)17(11)20-4)15-9-13(10-19-3)5-6-16(15)18/h5-9,19H,10H2,1-4H3. The van der Waals surface area contributed by atoms with Crippen molar-refractivity contribution in [3.63, 3.8) is 0 Å².